The minimum Gasteiger partial charge on any atom is -0.242 e. The van der Waals surface area contributed by atoms with E-state index in [0.29, 0.717) is 0 Å². The highest BCUT2D eigenvalue weighted by atomic mass is 32.2. The molecule has 0 radical (unpaired) electrons. The summed E-state index contributed by atoms with van der Waals surface area (Å²) in [6.07, 6.45) is 0. The number of hydrogen-bond acceptors (Lipinski definition) is 1. The van der Waals surface area contributed by atoms with Gasteiger partial charge < -0.3 is 0 Å². The van der Waals surface area contributed by atoms with Gasteiger partial charge in [0.05, 0.1) is 21.8 Å². The smallest absolute Gasteiger partial charge is 0.0979 e. The topological polar surface area (TPSA) is 29.1 Å². The highest BCUT2D eigenvalue weighted by Crippen LogP contribution is 2.39. The van der Waals surface area contributed by atoms with Crippen LogP contribution < -0.4 is 20.6 Å². The molecule has 6 aromatic rings. The standard InChI is InChI=1S/C41H38NOPS/c1-41(2,3)45(43)42-40(35-29-33(31-18-8-4-9-19-31)28-34(30-35)32-20-10-5-11-21-32)38-26-16-17-27-39(38)44(36-22-12-6-13-23-36)37-24-14-7-15-25-37/h4-30,40,42H,1-3H3/t40-,45+/m0/s1. The van der Waals surface area contributed by atoms with E-state index in [0.717, 1.165) is 33.4 Å². The van der Waals surface area contributed by atoms with Gasteiger partial charge in [0.1, 0.15) is 0 Å². The van der Waals surface area contributed by atoms with Crippen LogP contribution in [0.25, 0.3) is 22.3 Å². The number of nitrogens with one attached hydrogen (secondary N) is 1. The van der Waals surface area contributed by atoms with Crippen LogP contribution in [0.2, 0.25) is 0 Å². The van der Waals surface area contributed by atoms with E-state index in [1.807, 2.05) is 32.9 Å². The summed E-state index contributed by atoms with van der Waals surface area (Å²) in [4.78, 5) is 0. The molecule has 2 atom stereocenters. The summed E-state index contributed by atoms with van der Waals surface area (Å²) in [6, 6.07) is 57.8. The molecule has 1 N–H and O–H groups in total. The highest BCUT2D eigenvalue weighted by molar-refractivity contribution is 7.84. The van der Waals surface area contributed by atoms with Crippen molar-refractivity contribution in [2.24, 2.45) is 0 Å². The second-order valence-electron chi connectivity index (χ2n) is 12.1. The first-order chi connectivity index (χ1) is 21.9. The van der Waals surface area contributed by atoms with E-state index in [1.54, 1.807) is 0 Å². The molecule has 0 unspecified atom stereocenters. The predicted octanol–water partition coefficient (Wildman–Crippen LogP) is 8.92. The normalized spacial score (nSPS) is 13.0. The van der Waals surface area contributed by atoms with Gasteiger partial charge in [-0.2, -0.15) is 0 Å². The van der Waals surface area contributed by atoms with Crippen molar-refractivity contribution >= 4 is 34.8 Å². The van der Waals surface area contributed by atoms with Crippen molar-refractivity contribution in [1.82, 2.24) is 4.72 Å². The number of hydrogen-bond donors (Lipinski definition) is 1. The van der Waals surface area contributed by atoms with Crippen molar-refractivity contribution in [1.29, 1.82) is 0 Å². The molecule has 45 heavy (non-hydrogen) atoms. The average molecular weight is 624 g/mol. The summed E-state index contributed by atoms with van der Waals surface area (Å²) in [6.45, 7) is 6.07. The molecule has 0 spiro atoms. The fourth-order valence-corrected chi connectivity index (χ4v) is 8.85. The highest BCUT2D eigenvalue weighted by Gasteiger charge is 2.29. The fraction of sp³-hybridized carbons (Fsp3) is 0.122. The Morgan fingerprint density at radius 3 is 1.42 bits per heavy atom. The van der Waals surface area contributed by atoms with Gasteiger partial charge in [-0.3, -0.25) is 0 Å². The molecule has 6 rings (SSSR count). The van der Waals surface area contributed by atoms with Gasteiger partial charge in [-0.15, -0.1) is 0 Å². The van der Waals surface area contributed by atoms with Crippen molar-refractivity contribution < 1.29 is 4.21 Å². The maximum atomic E-state index is 14.0. The first-order valence-corrected chi connectivity index (χ1v) is 17.8. The van der Waals surface area contributed by atoms with Crippen LogP contribution in [0.1, 0.15) is 37.9 Å². The van der Waals surface area contributed by atoms with Crippen LogP contribution in [0, 0.1) is 0 Å². The Morgan fingerprint density at radius 2 is 0.956 bits per heavy atom. The third-order valence-electron chi connectivity index (χ3n) is 7.80. The van der Waals surface area contributed by atoms with Crippen LogP contribution in [-0.4, -0.2) is 8.96 Å². The quantitative estimate of drug-likeness (QED) is 0.160. The molecule has 224 valence electrons. The second kappa shape index (κ2) is 13.9. The van der Waals surface area contributed by atoms with Gasteiger partial charge in [-0.25, -0.2) is 8.93 Å². The Hall–Kier alpha value is -4.14. The maximum absolute atomic E-state index is 14.0. The summed E-state index contributed by atoms with van der Waals surface area (Å²) in [5, 5.41) is 3.81. The summed E-state index contributed by atoms with van der Waals surface area (Å²) in [5.74, 6) is 0. The van der Waals surface area contributed by atoms with Gasteiger partial charge in [0.2, 0.25) is 0 Å². The van der Waals surface area contributed by atoms with Crippen LogP contribution in [0.5, 0.6) is 0 Å². The van der Waals surface area contributed by atoms with Crippen LogP contribution in [0.4, 0.5) is 0 Å². The molecule has 0 fully saturated rings. The van der Waals surface area contributed by atoms with Crippen LogP contribution in [-0.2, 0) is 11.0 Å². The zero-order chi connectivity index (χ0) is 31.2. The summed E-state index contributed by atoms with van der Waals surface area (Å²) >= 11 is 0. The third kappa shape index (κ3) is 7.24. The van der Waals surface area contributed by atoms with E-state index in [4.69, 9.17) is 0 Å². The van der Waals surface area contributed by atoms with Gasteiger partial charge in [0.15, 0.2) is 0 Å². The molecule has 2 nitrogen and oxygen atoms in total. The van der Waals surface area contributed by atoms with Gasteiger partial charge in [-0.1, -0.05) is 146 Å². The molecular weight excluding hydrogens is 585 g/mol. The zero-order valence-electron chi connectivity index (χ0n) is 25.9. The number of benzene rings is 6. The molecule has 0 aliphatic rings. The third-order valence-corrected chi connectivity index (χ3v) is 11.9. The Bertz CT molecular complexity index is 1770. The lowest BCUT2D eigenvalue weighted by Gasteiger charge is -2.30. The molecule has 0 aliphatic carbocycles. The summed E-state index contributed by atoms with van der Waals surface area (Å²) in [7, 11) is -2.21. The molecule has 4 heteroatoms. The van der Waals surface area contributed by atoms with E-state index < -0.39 is 23.7 Å². The summed E-state index contributed by atoms with van der Waals surface area (Å²) < 4.78 is 17.1. The monoisotopic (exact) mass is 623 g/mol. The van der Waals surface area contributed by atoms with Gasteiger partial charge in [0.25, 0.3) is 0 Å². The molecule has 0 saturated carbocycles. The molecule has 6 aromatic carbocycles. The zero-order valence-corrected chi connectivity index (χ0v) is 27.6. The average Bonchev–Trinajstić information content (AvgIpc) is 3.09. The van der Waals surface area contributed by atoms with Crippen molar-refractivity contribution in [2.45, 2.75) is 31.6 Å². The minimum absolute atomic E-state index is 0.315. The lowest BCUT2D eigenvalue weighted by molar-refractivity contribution is 0.624. The maximum Gasteiger partial charge on any atom is 0.0979 e. The van der Waals surface area contributed by atoms with Crippen LogP contribution in [0.15, 0.2) is 164 Å². The molecule has 0 amide bonds. The lowest BCUT2D eigenvalue weighted by atomic mass is 9.91. The SMILES string of the molecule is CC(C)(C)[S@@](=O)N[C@@H](c1cc(-c2ccccc2)cc(-c2ccccc2)c1)c1ccccc1P(c1ccccc1)c1ccccc1. The Labute approximate surface area is 271 Å². The minimum atomic E-state index is -1.32. The van der Waals surface area contributed by atoms with Crippen LogP contribution in [0.3, 0.4) is 0 Å². The van der Waals surface area contributed by atoms with E-state index in [9.17, 15) is 4.21 Å². The van der Waals surface area contributed by atoms with Gasteiger partial charge >= 0.3 is 0 Å². The Morgan fingerprint density at radius 1 is 0.533 bits per heavy atom. The van der Waals surface area contributed by atoms with Crippen molar-refractivity contribution in [3.8, 4) is 22.3 Å². The van der Waals surface area contributed by atoms with E-state index >= 15 is 0 Å². The molecule has 0 saturated heterocycles. The molecule has 0 heterocycles. The fourth-order valence-electron chi connectivity index (χ4n) is 5.52. The van der Waals surface area contributed by atoms with E-state index in [-0.39, 0.29) is 6.04 Å². The summed E-state index contributed by atoms with van der Waals surface area (Å²) in [5.41, 5.74) is 6.78. The van der Waals surface area contributed by atoms with E-state index in [1.165, 1.54) is 15.9 Å². The molecular formula is C41H38NOPS. The predicted molar refractivity (Wildman–Crippen MR) is 195 cm³/mol. The molecule has 0 aromatic heterocycles. The molecule has 0 bridgehead atoms. The van der Waals surface area contributed by atoms with Gasteiger partial charge in [0, 0.05) is 0 Å². The molecule has 0 aliphatic heterocycles. The Kier molecular flexibility index (Phi) is 9.52. The largest absolute Gasteiger partial charge is 0.242 e. The van der Waals surface area contributed by atoms with Crippen molar-refractivity contribution in [3.63, 3.8) is 0 Å². The van der Waals surface area contributed by atoms with Gasteiger partial charge in [-0.05, 0) is 96.2 Å². The first-order valence-electron chi connectivity index (χ1n) is 15.3. The first kappa shape index (κ1) is 30.9. The van der Waals surface area contributed by atoms with Crippen molar-refractivity contribution in [2.75, 3.05) is 0 Å². The van der Waals surface area contributed by atoms with Crippen molar-refractivity contribution in [3.05, 3.63) is 175 Å². The Balaban J connectivity index is 1.60. The second-order valence-corrected chi connectivity index (χ2v) is 16.3. The van der Waals surface area contributed by atoms with E-state index in [2.05, 4.69) is 156 Å². The van der Waals surface area contributed by atoms with Crippen LogP contribution >= 0.6 is 7.92 Å². The number of rotatable bonds is 9. The lowest BCUT2D eigenvalue weighted by Crippen LogP contribution is -2.38.